The highest BCUT2D eigenvalue weighted by Gasteiger charge is 2.25. The van der Waals surface area contributed by atoms with Crippen LogP contribution in [0, 0.1) is 13.8 Å². The number of anilines is 1. The molecule has 1 unspecified atom stereocenters. The van der Waals surface area contributed by atoms with Crippen LogP contribution in [0.1, 0.15) is 30.4 Å². The number of imidazole rings is 1. The van der Waals surface area contributed by atoms with Gasteiger partial charge in [-0.05, 0) is 13.8 Å². The van der Waals surface area contributed by atoms with E-state index >= 15 is 0 Å². The van der Waals surface area contributed by atoms with E-state index in [1.165, 1.54) is 0 Å². The maximum absolute atomic E-state index is 11.6. The Bertz CT molecular complexity index is 744. The number of carbonyl (C=O) groups is 1. The Hall–Kier alpha value is -2.48. The van der Waals surface area contributed by atoms with Crippen molar-refractivity contribution < 1.29 is 9.53 Å². The Morgan fingerprint density at radius 1 is 1.40 bits per heavy atom. The molecule has 1 aliphatic heterocycles. The van der Waals surface area contributed by atoms with Crippen molar-refractivity contribution in [2.75, 3.05) is 31.6 Å². The Morgan fingerprint density at radius 2 is 2.24 bits per heavy atom. The topological polar surface area (TPSA) is 85.2 Å². The van der Waals surface area contributed by atoms with Crippen LogP contribution in [0.3, 0.4) is 0 Å². The SMILES string of the molecule is CC(=O)N1CCOC(c2cc(NCCn3ccnc3C)nc(C)n2)C1. The highest BCUT2D eigenvalue weighted by atomic mass is 16.5. The van der Waals surface area contributed by atoms with Crippen molar-refractivity contribution in [3.63, 3.8) is 0 Å². The highest BCUT2D eigenvalue weighted by molar-refractivity contribution is 5.73. The first kappa shape index (κ1) is 17.3. The zero-order valence-corrected chi connectivity index (χ0v) is 14.9. The van der Waals surface area contributed by atoms with Gasteiger partial charge in [0.2, 0.25) is 5.91 Å². The lowest BCUT2D eigenvalue weighted by molar-refractivity contribution is -0.136. The van der Waals surface area contributed by atoms with E-state index in [9.17, 15) is 4.79 Å². The number of ether oxygens (including phenoxy) is 1. The van der Waals surface area contributed by atoms with Gasteiger partial charge in [0, 0.05) is 45.0 Å². The van der Waals surface area contributed by atoms with Crippen LogP contribution in [-0.2, 0) is 16.1 Å². The van der Waals surface area contributed by atoms with E-state index in [0.29, 0.717) is 25.5 Å². The van der Waals surface area contributed by atoms with Crippen LogP contribution in [0.15, 0.2) is 18.5 Å². The van der Waals surface area contributed by atoms with Crippen molar-refractivity contribution in [1.82, 2.24) is 24.4 Å². The summed E-state index contributed by atoms with van der Waals surface area (Å²) in [6.07, 6.45) is 3.54. The van der Waals surface area contributed by atoms with Gasteiger partial charge < -0.3 is 19.5 Å². The van der Waals surface area contributed by atoms with Crippen LogP contribution in [0.4, 0.5) is 5.82 Å². The van der Waals surface area contributed by atoms with E-state index in [-0.39, 0.29) is 12.0 Å². The molecule has 0 spiro atoms. The third kappa shape index (κ3) is 4.33. The molecule has 1 saturated heterocycles. The number of rotatable bonds is 5. The largest absolute Gasteiger partial charge is 0.368 e. The van der Waals surface area contributed by atoms with Crippen LogP contribution in [0.25, 0.3) is 0 Å². The van der Waals surface area contributed by atoms with Gasteiger partial charge in [-0.15, -0.1) is 0 Å². The lowest BCUT2D eigenvalue weighted by Crippen LogP contribution is -2.41. The second kappa shape index (κ2) is 7.60. The third-order valence-corrected chi connectivity index (χ3v) is 4.28. The molecule has 3 heterocycles. The first-order valence-corrected chi connectivity index (χ1v) is 8.47. The minimum absolute atomic E-state index is 0.0631. The first-order valence-electron chi connectivity index (χ1n) is 8.47. The fraction of sp³-hybridized carbons (Fsp3) is 0.529. The van der Waals surface area contributed by atoms with Crippen LogP contribution in [-0.4, -0.2) is 56.6 Å². The lowest BCUT2D eigenvalue weighted by atomic mass is 10.2. The molecule has 1 aliphatic rings. The van der Waals surface area contributed by atoms with Gasteiger partial charge in [-0.1, -0.05) is 0 Å². The van der Waals surface area contributed by atoms with E-state index in [1.807, 2.05) is 26.1 Å². The Kier molecular flexibility index (Phi) is 5.28. The average Bonchev–Trinajstić information content (AvgIpc) is 3.00. The number of hydrogen-bond donors (Lipinski definition) is 1. The summed E-state index contributed by atoms with van der Waals surface area (Å²) < 4.78 is 7.89. The lowest BCUT2D eigenvalue weighted by Gasteiger charge is -2.32. The van der Waals surface area contributed by atoms with Gasteiger partial charge in [0.05, 0.1) is 18.8 Å². The summed E-state index contributed by atoms with van der Waals surface area (Å²) in [5.74, 6) is 2.50. The van der Waals surface area contributed by atoms with Crippen molar-refractivity contribution in [1.29, 1.82) is 0 Å². The molecule has 1 fully saturated rings. The quantitative estimate of drug-likeness (QED) is 0.880. The summed E-state index contributed by atoms with van der Waals surface area (Å²) in [5.41, 5.74) is 0.805. The normalized spacial score (nSPS) is 17.6. The molecule has 8 nitrogen and oxygen atoms in total. The van der Waals surface area contributed by atoms with Gasteiger partial charge in [-0.2, -0.15) is 0 Å². The van der Waals surface area contributed by atoms with Crippen molar-refractivity contribution in [3.05, 3.63) is 35.8 Å². The molecule has 0 radical (unpaired) electrons. The standard InChI is InChI=1S/C17H24N6O2/c1-12-20-15(16-11-23(14(3)24)8-9-25-16)10-17(21-12)19-5-7-22-6-4-18-13(22)2/h4,6,10,16H,5,7-9,11H2,1-3H3,(H,19,20,21). The summed E-state index contributed by atoms with van der Waals surface area (Å²) >= 11 is 0. The molecule has 2 aromatic rings. The molecule has 3 rings (SSSR count). The maximum atomic E-state index is 11.6. The number of nitrogens with zero attached hydrogens (tertiary/aromatic N) is 5. The van der Waals surface area contributed by atoms with Gasteiger partial charge in [-0.25, -0.2) is 15.0 Å². The predicted molar refractivity (Wildman–Crippen MR) is 93.2 cm³/mol. The number of aromatic nitrogens is 4. The van der Waals surface area contributed by atoms with E-state index in [4.69, 9.17) is 4.74 Å². The molecule has 2 aromatic heterocycles. The van der Waals surface area contributed by atoms with Gasteiger partial charge in [0.1, 0.15) is 23.6 Å². The summed E-state index contributed by atoms with van der Waals surface area (Å²) in [7, 11) is 0. The molecular formula is C17H24N6O2. The highest BCUT2D eigenvalue weighted by Crippen LogP contribution is 2.22. The van der Waals surface area contributed by atoms with Crippen LogP contribution < -0.4 is 5.32 Å². The van der Waals surface area contributed by atoms with Crippen molar-refractivity contribution >= 4 is 11.7 Å². The van der Waals surface area contributed by atoms with Gasteiger partial charge in [0.15, 0.2) is 0 Å². The molecule has 1 atom stereocenters. The number of amides is 1. The molecule has 0 aliphatic carbocycles. The Morgan fingerprint density at radius 3 is 2.96 bits per heavy atom. The molecule has 0 saturated carbocycles. The van der Waals surface area contributed by atoms with Gasteiger partial charge in [0.25, 0.3) is 0 Å². The van der Waals surface area contributed by atoms with E-state index in [2.05, 4.69) is 24.8 Å². The molecule has 134 valence electrons. The van der Waals surface area contributed by atoms with Crippen LogP contribution in [0.5, 0.6) is 0 Å². The monoisotopic (exact) mass is 344 g/mol. The zero-order chi connectivity index (χ0) is 17.8. The number of hydrogen-bond acceptors (Lipinski definition) is 6. The van der Waals surface area contributed by atoms with Crippen LogP contribution >= 0.6 is 0 Å². The predicted octanol–water partition coefficient (Wildman–Crippen LogP) is 1.32. The molecule has 0 bridgehead atoms. The molecule has 25 heavy (non-hydrogen) atoms. The van der Waals surface area contributed by atoms with Crippen LogP contribution in [0.2, 0.25) is 0 Å². The number of carbonyl (C=O) groups excluding carboxylic acids is 1. The smallest absolute Gasteiger partial charge is 0.219 e. The Labute approximate surface area is 147 Å². The molecule has 0 aromatic carbocycles. The fourth-order valence-corrected chi connectivity index (χ4v) is 2.90. The summed E-state index contributed by atoms with van der Waals surface area (Å²) in [5, 5.41) is 3.33. The number of morpholine rings is 1. The van der Waals surface area contributed by atoms with E-state index in [1.54, 1.807) is 18.0 Å². The van der Waals surface area contributed by atoms with Gasteiger partial charge >= 0.3 is 0 Å². The van der Waals surface area contributed by atoms with Crippen molar-refractivity contribution in [3.8, 4) is 0 Å². The maximum Gasteiger partial charge on any atom is 0.219 e. The van der Waals surface area contributed by atoms with Gasteiger partial charge in [-0.3, -0.25) is 4.79 Å². The summed E-state index contributed by atoms with van der Waals surface area (Å²) in [6.45, 7) is 8.65. The Balaban J connectivity index is 1.65. The fourth-order valence-electron chi connectivity index (χ4n) is 2.90. The van der Waals surface area contributed by atoms with E-state index < -0.39 is 0 Å². The minimum atomic E-state index is -0.212. The molecule has 8 heteroatoms. The number of aryl methyl sites for hydroxylation is 2. The second-order valence-electron chi connectivity index (χ2n) is 6.14. The van der Waals surface area contributed by atoms with E-state index in [0.717, 1.165) is 30.4 Å². The molecule has 1 N–H and O–H groups in total. The first-order chi connectivity index (χ1) is 12.0. The third-order valence-electron chi connectivity index (χ3n) is 4.28. The molecule has 1 amide bonds. The molecular weight excluding hydrogens is 320 g/mol. The average molecular weight is 344 g/mol. The second-order valence-corrected chi connectivity index (χ2v) is 6.14. The zero-order valence-electron chi connectivity index (χ0n) is 14.9. The minimum Gasteiger partial charge on any atom is -0.368 e. The summed E-state index contributed by atoms with van der Waals surface area (Å²) in [4.78, 5) is 26.5. The van der Waals surface area contributed by atoms with Crippen molar-refractivity contribution in [2.45, 2.75) is 33.4 Å². The van der Waals surface area contributed by atoms with Crippen molar-refractivity contribution in [2.24, 2.45) is 0 Å². The summed E-state index contributed by atoms with van der Waals surface area (Å²) in [6, 6.07) is 1.90. The number of nitrogens with one attached hydrogen (secondary N) is 1.